The van der Waals surface area contributed by atoms with Gasteiger partial charge >= 0.3 is 0 Å². The summed E-state index contributed by atoms with van der Waals surface area (Å²) in [6.45, 7) is 4.32. The summed E-state index contributed by atoms with van der Waals surface area (Å²) in [5.41, 5.74) is 3.08. The number of hydrogen-bond acceptors (Lipinski definition) is 0. The first-order chi connectivity index (χ1) is 5.41. The van der Waals surface area contributed by atoms with E-state index in [1.807, 2.05) is 12.2 Å². The Hall–Kier alpha value is -0.740. The van der Waals surface area contributed by atoms with Crippen molar-refractivity contribution in [1.29, 1.82) is 0 Å². The molecule has 0 fully saturated rings. The molecule has 62 valence electrons. The van der Waals surface area contributed by atoms with E-state index in [0.29, 0.717) is 0 Å². The lowest BCUT2D eigenvalue weighted by Gasteiger charge is -1.84. The molecule has 0 aliphatic rings. The van der Waals surface area contributed by atoms with Crippen LogP contribution in [0.2, 0.25) is 0 Å². The first-order valence-corrected chi connectivity index (χ1v) is 4.47. The lowest BCUT2D eigenvalue weighted by Crippen LogP contribution is -1.64. The quantitative estimate of drug-likeness (QED) is 0.317. The van der Waals surface area contributed by atoms with E-state index in [0.717, 1.165) is 6.42 Å². The molecule has 0 unspecified atom stereocenters. The first kappa shape index (κ1) is 10.3. The molecule has 11 heavy (non-hydrogen) atoms. The van der Waals surface area contributed by atoms with Crippen LogP contribution in [0.1, 0.15) is 39.5 Å². The van der Waals surface area contributed by atoms with E-state index in [4.69, 9.17) is 0 Å². The summed E-state index contributed by atoms with van der Waals surface area (Å²) in [5.74, 6) is 0. The topological polar surface area (TPSA) is 0 Å². The van der Waals surface area contributed by atoms with E-state index in [9.17, 15) is 0 Å². The highest BCUT2D eigenvalue weighted by atomic mass is 13.8. The van der Waals surface area contributed by atoms with Gasteiger partial charge in [0.05, 0.1) is 0 Å². The van der Waals surface area contributed by atoms with Gasteiger partial charge in [-0.2, -0.15) is 0 Å². The number of allylic oxidation sites excluding steroid dienone is 3. The van der Waals surface area contributed by atoms with Crippen LogP contribution in [0.4, 0.5) is 0 Å². The Labute approximate surface area is 70.3 Å². The molecule has 0 aromatic carbocycles. The molecule has 0 radical (unpaired) electrons. The van der Waals surface area contributed by atoms with Gasteiger partial charge in [-0.1, -0.05) is 38.8 Å². The minimum Gasteiger partial charge on any atom is -0.125 e. The summed E-state index contributed by atoms with van der Waals surface area (Å²) < 4.78 is 0. The van der Waals surface area contributed by atoms with Gasteiger partial charge in [0.1, 0.15) is 0 Å². The van der Waals surface area contributed by atoms with Crippen LogP contribution in [-0.2, 0) is 0 Å². The fraction of sp³-hybridized carbons (Fsp3) is 0.545. The fourth-order valence-corrected chi connectivity index (χ4v) is 0.728. The molecule has 0 saturated heterocycles. The zero-order valence-corrected chi connectivity index (χ0v) is 7.64. The van der Waals surface area contributed by atoms with Crippen LogP contribution >= 0.6 is 0 Å². The molecule has 0 heterocycles. The number of unbranched alkanes of at least 4 members (excludes halogenated alkanes) is 2. The minimum absolute atomic E-state index is 1.07. The molecular formula is C11H18. The second kappa shape index (κ2) is 9.26. The Kier molecular flexibility index (Phi) is 8.64. The molecule has 0 rings (SSSR count). The van der Waals surface area contributed by atoms with Crippen molar-refractivity contribution in [3.8, 4) is 0 Å². The molecule has 0 saturated carbocycles. The monoisotopic (exact) mass is 150 g/mol. The van der Waals surface area contributed by atoms with Crippen LogP contribution in [0.15, 0.2) is 30.0 Å². The lowest BCUT2D eigenvalue weighted by molar-refractivity contribution is 0.815. The van der Waals surface area contributed by atoms with Crippen LogP contribution in [0.3, 0.4) is 0 Å². The molecule has 0 aliphatic carbocycles. The Morgan fingerprint density at radius 2 is 2.09 bits per heavy atom. The highest BCUT2D eigenvalue weighted by molar-refractivity contribution is 5.01. The summed E-state index contributed by atoms with van der Waals surface area (Å²) in [5, 5.41) is 0. The average molecular weight is 150 g/mol. The highest BCUT2D eigenvalue weighted by Gasteiger charge is 1.74. The van der Waals surface area contributed by atoms with Gasteiger partial charge in [-0.3, -0.25) is 0 Å². The second-order valence-electron chi connectivity index (χ2n) is 2.52. The Morgan fingerprint density at radius 3 is 2.73 bits per heavy atom. The van der Waals surface area contributed by atoms with Crippen molar-refractivity contribution < 1.29 is 0 Å². The number of rotatable bonds is 5. The van der Waals surface area contributed by atoms with Crippen molar-refractivity contribution in [2.24, 2.45) is 0 Å². The van der Waals surface area contributed by atoms with Crippen molar-refractivity contribution in [3.63, 3.8) is 0 Å². The minimum atomic E-state index is 1.07. The smallest absolute Gasteiger partial charge is 0.0206 e. The van der Waals surface area contributed by atoms with Crippen LogP contribution < -0.4 is 0 Å². The fourth-order valence-electron chi connectivity index (χ4n) is 0.728. The molecule has 0 amide bonds. The van der Waals surface area contributed by atoms with Crippen molar-refractivity contribution >= 4 is 0 Å². The molecule has 0 N–H and O–H groups in total. The molecular weight excluding hydrogens is 132 g/mol. The largest absolute Gasteiger partial charge is 0.125 e. The molecule has 0 aromatic rings. The predicted molar refractivity (Wildman–Crippen MR) is 51.6 cm³/mol. The van der Waals surface area contributed by atoms with Gasteiger partial charge in [0.2, 0.25) is 0 Å². The van der Waals surface area contributed by atoms with E-state index in [-0.39, 0.29) is 0 Å². The van der Waals surface area contributed by atoms with Gasteiger partial charge in [0.15, 0.2) is 0 Å². The normalized spacial score (nSPS) is 9.64. The average Bonchev–Trinajstić information content (AvgIpc) is 2.03. The van der Waals surface area contributed by atoms with Gasteiger partial charge in [-0.25, -0.2) is 0 Å². The third-order valence-electron chi connectivity index (χ3n) is 1.37. The predicted octanol–water partition coefficient (Wildman–Crippen LogP) is 3.85. The zero-order valence-electron chi connectivity index (χ0n) is 7.64. The van der Waals surface area contributed by atoms with E-state index in [2.05, 4.69) is 31.7 Å². The van der Waals surface area contributed by atoms with Crippen molar-refractivity contribution in [1.82, 2.24) is 0 Å². The zero-order chi connectivity index (χ0) is 8.36. The van der Waals surface area contributed by atoms with E-state index in [1.165, 1.54) is 19.3 Å². The van der Waals surface area contributed by atoms with E-state index < -0.39 is 0 Å². The standard InChI is InChI=1S/C11H18/c1-3-5-7-9-11-10-8-6-4-2/h5,9-11H,3-4,6,8H2,1-2H3. The van der Waals surface area contributed by atoms with E-state index in [1.54, 1.807) is 0 Å². The first-order valence-electron chi connectivity index (χ1n) is 4.47. The van der Waals surface area contributed by atoms with Crippen LogP contribution in [-0.4, -0.2) is 0 Å². The third kappa shape index (κ3) is 9.26. The van der Waals surface area contributed by atoms with Crippen molar-refractivity contribution in [3.05, 3.63) is 30.0 Å². The number of hydrogen-bond donors (Lipinski definition) is 0. The van der Waals surface area contributed by atoms with Gasteiger partial charge in [-0.15, -0.1) is 5.73 Å². The molecule has 0 aliphatic heterocycles. The Morgan fingerprint density at radius 1 is 1.27 bits per heavy atom. The molecule has 0 bridgehead atoms. The van der Waals surface area contributed by atoms with Crippen molar-refractivity contribution in [2.75, 3.05) is 0 Å². The van der Waals surface area contributed by atoms with Gasteiger partial charge in [-0.05, 0) is 25.0 Å². The van der Waals surface area contributed by atoms with Crippen LogP contribution in [0.5, 0.6) is 0 Å². The van der Waals surface area contributed by atoms with Gasteiger partial charge in [0.25, 0.3) is 0 Å². The Balaban J connectivity index is 3.36. The van der Waals surface area contributed by atoms with Crippen LogP contribution in [0.25, 0.3) is 0 Å². The summed E-state index contributed by atoms with van der Waals surface area (Å²) in [6, 6.07) is 0. The summed E-state index contributed by atoms with van der Waals surface area (Å²) in [4.78, 5) is 0. The maximum absolute atomic E-state index is 3.08. The molecule has 0 spiro atoms. The summed E-state index contributed by atoms with van der Waals surface area (Å²) >= 11 is 0. The molecule has 0 heteroatoms. The third-order valence-corrected chi connectivity index (χ3v) is 1.37. The highest BCUT2D eigenvalue weighted by Crippen LogP contribution is 1.94. The summed E-state index contributed by atoms with van der Waals surface area (Å²) in [6.07, 6.45) is 13.1. The second-order valence-corrected chi connectivity index (χ2v) is 2.52. The maximum Gasteiger partial charge on any atom is -0.0206 e. The molecule has 0 atom stereocenters. The SMILES string of the molecule is CCC=C=CC=CCCCC. The van der Waals surface area contributed by atoms with Gasteiger partial charge in [0, 0.05) is 0 Å². The molecule has 0 aromatic heterocycles. The Bertz CT molecular complexity index is 145. The van der Waals surface area contributed by atoms with Crippen LogP contribution in [0, 0.1) is 0 Å². The van der Waals surface area contributed by atoms with Crippen molar-refractivity contribution in [2.45, 2.75) is 39.5 Å². The van der Waals surface area contributed by atoms with E-state index >= 15 is 0 Å². The maximum atomic E-state index is 3.08. The summed E-state index contributed by atoms with van der Waals surface area (Å²) in [7, 11) is 0. The van der Waals surface area contributed by atoms with Gasteiger partial charge < -0.3 is 0 Å². The lowest BCUT2D eigenvalue weighted by atomic mass is 10.2. The molecule has 0 nitrogen and oxygen atoms in total.